The van der Waals surface area contributed by atoms with Crippen LogP contribution >= 0.6 is 8.53 Å². The van der Waals surface area contributed by atoms with E-state index in [0.29, 0.717) is 38.9 Å². The van der Waals surface area contributed by atoms with Crippen LogP contribution in [0, 0.1) is 24.3 Å². The molecule has 1 fully saturated rings. The second kappa shape index (κ2) is 21.9. The van der Waals surface area contributed by atoms with Gasteiger partial charge in [0.2, 0.25) is 6.54 Å². The number of hydrogen-bond acceptors (Lipinski definition) is 8. The summed E-state index contributed by atoms with van der Waals surface area (Å²) in [5.41, 5.74) is 2.08. The van der Waals surface area contributed by atoms with Crippen molar-refractivity contribution in [2.24, 2.45) is 17.8 Å². The number of hydrogen-bond donors (Lipinski definition) is 0. The quantitative estimate of drug-likeness (QED) is 0.0434. The van der Waals surface area contributed by atoms with Crippen LogP contribution in [0.1, 0.15) is 84.4 Å². The van der Waals surface area contributed by atoms with Crippen molar-refractivity contribution in [3.8, 4) is 11.5 Å². The van der Waals surface area contributed by atoms with Crippen LogP contribution in [0.5, 0.6) is 11.5 Å². The third-order valence-electron chi connectivity index (χ3n) is 10.5. The highest BCUT2D eigenvalue weighted by Crippen LogP contribution is 2.46. The highest BCUT2D eigenvalue weighted by molar-refractivity contribution is 7.44. The molecular formula is C44H63N2O7P. The Bertz CT molecular complexity index is 1480. The Morgan fingerprint density at radius 2 is 1.24 bits per heavy atom. The van der Waals surface area contributed by atoms with Gasteiger partial charge in [0.1, 0.15) is 23.7 Å². The van der Waals surface area contributed by atoms with E-state index >= 15 is 0 Å². The van der Waals surface area contributed by atoms with Crippen LogP contribution < -0.4 is 9.47 Å². The van der Waals surface area contributed by atoms with Gasteiger partial charge in [-0.15, -0.1) is 0 Å². The molecule has 0 bridgehead atoms. The molecule has 0 radical (unpaired) electrons. The molecule has 6 unspecified atom stereocenters. The summed E-state index contributed by atoms with van der Waals surface area (Å²) in [6, 6.07) is 27.2. The highest BCUT2D eigenvalue weighted by atomic mass is 31.2. The van der Waals surface area contributed by atoms with E-state index in [0.717, 1.165) is 47.5 Å². The van der Waals surface area contributed by atoms with Gasteiger partial charge in [0, 0.05) is 24.6 Å². The van der Waals surface area contributed by atoms with Gasteiger partial charge < -0.3 is 37.6 Å². The normalized spacial score (nSPS) is 21.0. The third kappa shape index (κ3) is 11.3. The van der Waals surface area contributed by atoms with Crippen LogP contribution in [0.15, 0.2) is 78.9 Å². The second-order valence-electron chi connectivity index (χ2n) is 14.7. The fourth-order valence-electron chi connectivity index (χ4n) is 7.18. The summed E-state index contributed by atoms with van der Waals surface area (Å²) in [6.45, 7) is 24.8. The predicted molar refractivity (Wildman–Crippen MR) is 217 cm³/mol. The van der Waals surface area contributed by atoms with Crippen molar-refractivity contribution in [2.45, 2.75) is 97.8 Å². The van der Waals surface area contributed by atoms with Gasteiger partial charge in [-0.05, 0) is 99.7 Å². The van der Waals surface area contributed by atoms with Crippen LogP contribution in [-0.4, -0.2) is 76.3 Å². The van der Waals surface area contributed by atoms with Gasteiger partial charge in [0.15, 0.2) is 6.29 Å². The van der Waals surface area contributed by atoms with E-state index in [-0.39, 0.29) is 36.3 Å². The summed E-state index contributed by atoms with van der Waals surface area (Å²) in [5, 5.41) is 0. The third-order valence-corrected chi connectivity index (χ3v) is 12.7. The van der Waals surface area contributed by atoms with Gasteiger partial charge in [0.05, 0.1) is 33.5 Å². The Balaban J connectivity index is 1.43. The standard InChI is InChI=1S/C44H63N2O7P/c1-32(2)46(33(3)4)54(52-30-27-45-8)51-29-16-12-15-28-49-43-36(7)34(5)35(6)42(53-43)31-50-44(37-17-13-11-14-18-37,38-19-23-40(47-9)24-20-38)39-21-25-41(48-10)26-22-39/h11,13-14,17-26,32-36,42-43H,12,15-16,27-31H2,1-7,9-10H3. The molecule has 1 heterocycles. The molecule has 0 aromatic heterocycles. The summed E-state index contributed by atoms with van der Waals surface area (Å²) in [7, 11) is 2.14. The zero-order valence-electron chi connectivity index (χ0n) is 33.9. The summed E-state index contributed by atoms with van der Waals surface area (Å²) in [4.78, 5) is 3.44. The van der Waals surface area contributed by atoms with Crippen molar-refractivity contribution in [3.05, 3.63) is 107 Å². The predicted octanol–water partition coefficient (Wildman–Crippen LogP) is 10.1. The van der Waals surface area contributed by atoms with Crippen molar-refractivity contribution in [1.29, 1.82) is 0 Å². The average molecular weight is 763 g/mol. The molecule has 10 heteroatoms. The monoisotopic (exact) mass is 762 g/mol. The molecular weight excluding hydrogens is 699 g/mol. The maximum Gasteiger partial charge on any atom is 0.259 e. The van der Waals surface area contributed by atoms with E-state index in [9.17, 15) is 0 Å². The van der Waals surface area contributed by atoms with Crippen LogP contribution in [0.4, 0.5) is 0 Å². The Hall–Kier alpha value is -3.06. The van der Waals surface area contributed by atoms with Crippen molar-refractivity contribution in [2.75, 3.05) is 47.2 Å². The zero-order chi connectivity index (χ0) is 39.1. The summed E-state index contributed by atoms with van der Waals surface area (Å²) >= 11 is 0. The Morgan fingerprint density at radius 3 is 1.78 bits per heavy atom. The van der Waals surface area contributed by atoms with Gasteiger partial charge in [-0.25, -0.2) is 11.2 Å². The van der Waals surface area contributed by atoms with Crippen LogP contribution in [0.2, 0.25) is 0 Å². The van der Waals surface area contributed by atoms with Gasteiger partial charge >= 0.3 is 0 Å². The molecule has 1 aliphatic rings. The van der Waals surface area contributed by atoms with E-state index in [1.165, 1.54) is 0 Å². The van der Waals surface area contributed by atoms with E-state index < -0.39 is 14.1 Å². The Morgan fingerprint density at radius 1 is 0.704 bits per heavy atom. The topological polar surface area (TPSA) is 72.2 Å². The molecule has 0 N–H and O–H groups in total. The first-order valence-corrected chi connectivity index (χ1v) is 20.6. The molecule has 3 aromatic rings. The minimum atomic E-state index is -1.22. The molecule has 4 rings (SSSR count). The molecule has 3 aromatic carbocycles. The first kappa shape index (κ1) is 43.7. The van der Waals surface area contributed by atoms with E-state index in [1.807, 2.05) is 30.3 Å². The molecule has 1 saturated heterocycles. The maximum atomic E-state index is 7.24. The fraction of sp³-hybridized carbons (Fsp3) is 0.568. The first-order valence-electron chi connectivity index (χ1n) is 19.5. The van der Waals surface area contributed by atoms with E-state index in [1.54, 1.807) is 14.2 Å². The smallest absolute Gasteiger partial charge is 0.259 e. The lowest BCUT2D eigenvalue weighted by molar-refractivity contribution is -0.261. The van der Waals surface area contributed by atoms with Crippen molar-refractivity contribution in [3.63, 3.8) is 0 Å². The SMILES string of the molecule is [C-]#[N+]CCOP(OCCCCCOC1OC(COC(c2ccccc2)(c2ccc(OC)cc2)c2ccc(OC)cc2)C(C)C(C)C1C)N(C(C)C)C(C)C. The second-order valence-corrected chi connectivity index (χ2v) is 16.2. The molecule has 0 spiro atoms. The molecule has 0 aliphatic carbocycles. The van der Waals surface area contributed by atoms with Gasteiger partial charge in [0.25, 0.3) is 8.53 Å². The van der Waals surface area contributed by atoms with Gasteiger partial charge in [-0.1, -0.05) is 75.4 Å². The number of ether oxygens (including phenoxy) is 5. The van der Waals surface area contributed by atoms with Crippen LogP contribution in [0.3, 0.4) is 0 Å². The Labute approximate surface area is 326 Å². The molecule has 9 nitrogen and oxygen atoms in total. The number of methoxy groups -OCH3 is 2. The summed E-state index contributed by atoms with van der Waals surface area (Å²) in [5.74, 6) is 2.42. The first-order chi connectivity index (χ1) is 26.1. The molecule has 1 aliphatic heterocycles. The van der Waals surface area contributed by atoms with Crippen molar-refractivity contribution in [1.82, 2.24) is 4.67 Å². The highest BCUT2D eigenvalue weighted by Gasteiger charge is 2.43. The molecule has 296 valence electrons. The van der Waals surface area contributed by atoms with Gasteiger partial charge in [-0.3, -0.25) is 0 Å². The van der Waals surface area contributed by atoms with E-state index in [2.05, 4.69) is 107 Å². The summed E-state index contributed by atoms with van der Waals surface area (Å²) in [6.07, 6.45) is 2.27. The fourth-order valence-corrected chi connectivity index (χ4v) is 8.80. The van der Waals surface area contributed by atoms with Crippen molar-refractivity contribution >= 4 is 8.53 Å². The maximum absolute atomic E-state index is 7.24. The largest absolute Gasteiger partial charge is 0.497 e. The number of unbranched alkanes of at least 4 members (excludes halogenated alkanes) is 2. The van der Waals surface area contributed by atoms with Crippen LogP contribution in [-0.2, 0) is 28.9 Å². The lowest BCUT2D eigenvalue weighted by Gasteiger charge is -2.45. The van der Waals surface area contributed by atoms with E-state index in [4.69, 9.17) is 39.3 Å². The molecule has 0 saturated carbocycles. The summed E-state index contributed by atoms with van der Waals surface area (Å²) < 4.78 is 46.1. The lowest BCUT2D eigenvalue weighted by Crippen LogP contribution is -2.49. The zero-order valence-corrected chi connectivity index (χ0v) is 34.8. The van der Waals surface area contributed by atoms with Crippen LogP contribution in [0.25, 0.3) is 4.85 Å². The number of rotatable bonds is 22. The molecule has 6 atom stereocenters. The van der Waals surface area contributed by atoms with Gasteiger partial charge in [-0.2, -0.15) is 0 Å². The minimum absolute atomic E-state index is 0.179. The number of nitrogens with zero attached hydrogens (tertiary/aromatic N) is 2. The average Bonchev–Trinajstić information content (AvgIpc) is 3.18. The van der Waals surface area contributed by atoms with Crippen molar-refractivity contribution < 1.29 is 32.7 Å². The Kier molecular flexibility index (Phi) is 17.7. The minimum Gasteiger partial charge on any atom is -0.497 e. The molecule has 54 heavy (non-hydrogen) atoms. The lowest BCUT2D eigenvalue weighted by atomic mass is 9.78. The molecule has 0 amide bonds. The number of benzene rings is 3.